The number of rotatable bonds is 8. The van der Waals surface area contributed by atoms with Crippen LogP contribution in [0.4, 0.5) is 18.0 Å². The Hall–Kier alpha value is -2.33. The zero-order valence-electron chi connectivity index (χ0n) is 13.6. The molecule has 0 radical (unpaired) electrons. The standard InChI is InChI=1S/C15H19F3N2O5/c1-23-11(24-2)8-19-13(21)12(15(16,17)18)20-14(22)25-9-10-6-4-3-5-7-10/h3-7,11-12H,8-9H2,1-2H3,(H,19,21)(H,20,22). The monoisotopic (exact) mass is 364 g/mol. The van der Waals surface area contributed by atoms with Crippen LogP contribution >= 0.6 is 0 Å². The molecular weight excluding hydrogens is 345 g/mol. The van der Waals surface area contributed by atoms with E-state index in [1.807, 2.05) is 5.32 Å². The molecule has 0 fully saturated rings. The van der Waals surface area contributed by atoms with Gasteiger partial charge < -0.3 is 24.8 Å². The number of nitrogens with one attached hydrogen (secondary N) is 2. The maximum absolute atomic E-state index is 13.0. The average Bonchev–Trinajstić information content (AvgIpc) is 2.58. The van der Waals surface area contributed by atoms with E-state index in [2.05, 4.69) is 0 Å². The lowest BCUT2D eigenvalue weighted by atomic mass is 10.2. The zero-order chi connectivity index (χ0) is 18.9. The first-order valence-electron chi connectivity index (χ1n) is 7.15. The summed E-state index contributed by atoms with van der Waals surface area (Å²) in [5.74, 6) is -1.46. The zero-order valence-corrected chi connectivity index (χ0v) is 13.6. The Morgan fingerprint density at radius 2 is 1.72 bits per heavy atom. The van der Waals surface area contributed by atoms with Gasteiger partial charge in [0, 0.05) is 14.2 Å². The molecule has 7 nitrogen and oxygen atoms in total. The number of methoxy groups -OCH3 is 2. The van der Waals surface area contributed by atoms with Crippen molar-refractivity contribution >= 4 is 12.0 Å². The van der Waals surface area contributed by atoms with Gasteiger partial charge in [0.15, 0.2) is 6.29 Å². The Kier molecular flexibility index (Phi) is 8.16. The number of alkyl carbamates (subject to hydrolysis) is 1. The van der Waals surface area contributed by atoms with Crippen molar-refractivity contribution < 1.29 is 37.0 Å². The van der Waals surface area contributed by atoms with Crippen LogP contribution in [0.25, 0.3) is 0 Å². The highest BCUT2D eigenvalue weighted by atomic mass is 19.4. The molecule has 1 atom stereocenters. The highest BCUT2D eigenvalue weighted by molar-refractivity contribution is 5.86. The van der Waals surface area contributed by atoms with Gasteiger partial charge in [-0.05, 0) is 5.56 Å². The fourth-order valence-electron chi connectivity index (χ4n) is 1.73. The average molecular weight is 364 g/mol. The second kappa shape index (κ2) is 9.84. The van der Waals surface area contributed by atoms with E-state index in [-0.39, 0.29) is 13.2 Å². The van der Waals surface area contributed by atoms with Gasteiger partial charge in [-0.3, -0.25) is 4.79 Å². The molecule has 0 heterocycles. The molecular formula is C15H19F3N2O5. The van der Waals surface area contributed by atoms with Crippen molar-refractivity contribution in [3.8, 4) is 0 Å². The smallest absolute Gasteiger partial charge is 0.417 e. The third kappa shape index (κ3) is 7.40. The predicted molar refractivity (Wildman–Crippen MR) is 80.4 cm³/mol. The van der Waals surface area contributed by atoms with Gasteiger partial charge in [0.05, 0.1) is 6.54 Å². The van der Waals surface area contributed by atoms with Crippen molar-refractivity contribution in [2.75, 3.05) is 20.8 Å². The molecule has 0 aliphatic rings. The normalized spacial score (nSPS) is 12.6. The number of halogens is 3. The molecule has 140 valence electrons. The number of hydrogen-bond donors (Lipinski definition) is 2. The summed E-state index contributed by atoms with van der Waals surface area (Å²) in [6.45, 7) is -0.548. The Labute approximate surface area is 142 Å². The van der Waals surface area contributed by atoms with E-state index >= 15 is 0 Å². The lowest BCUT2D eigenvalue weighted by Crippen LogP contribution is -2.56. The summed E-state index contributed by atoms with van der Waals surface area (Å²) in [6.07, 6.45) is -7.27. The van der Waals surface area contributed by atoms with Gasteiger partial charge in [0.25, 0.3) is 5.91 Å². The number of amides is 2. The van der Waals surface area contributed by atoms with Crippen LogP contribution in [0.5, 0.6) is 0 Å². The van der Waals surface area contributed by atoms with E-state index in [0.29, 0.717) is 5.56 Å². The summed E-state index contributed by atoms with van der Waals surface area (Å²) in [7, 11) is 2.53. The van der Waals surface area contributed by atoms with Gasteiger partial charge >= 0.3 is 12.3 Å². The first-order chi connectivity index (χ1) is 11.8. The Balaban J connectivity index is 2.60. The van der Waals surface area contributed by atoms with Gasteiger partial charge in [0.2, 0.25) is 6.04 Å². The number of alkyl halides is 3. The van der Waals surface area contributed by atoms with E-state index in [4.69, 9.17) is 14.2 Å². The minimum atomic E-state index is -4.99. The quantitative estimate of drug-likeness (QED) is 0.684. The number of carbonyl (C=O) groups is 2. The molecule has 0 aromatic heterocycles. The highest BCUT2D eigenvalue weighted by Crippen LogP contribution is 2.20. The molecule has 1 rings (SSSR count). The summed E-state index contributed by atoms with van der Waals surface area (Å²) < 4.78 is 53.2. The SMILES string of the molecule is COC(CNC(=O)C(NC(=O)OCc1ccccc1)C(F)(F)F)OC. The third-order valence-corrected chi connectivity index (χ3v) is 3.03. The Morgan fingerprint density at radius 1 is 1.12 bits per heavy atom. The van der Waals surface area contributed by atoms with Gasteiger partial charge in [-0.25, -0.2) is 4.79 Å². The van der Waals surface area contributed by atoms with E-state index in [1.165, 1.54) is 19.5 Å². The van der Waals surface area contributed by atoms with E-state index in [1.54, 1.807) is 30.3 Å². The number of carbonyl (C=O) groups excluding carboxylic acids is 2. The van der Waals surface area contributed by atoms with Crippen LogP contribution in [0.2, 0.25) is 0 Å². The van der Waals surface area contributed by atoms with Gasteiger partial charge in [-0.15, -0.1) is 0 Å². The van der Waals surface area contributed by atoms with Gasteiger partial charge in [-0.1, -0.05) is 30.3 Å². The molecule has 10 heteroatoms. The summed E-state index contributed by atoms with van der Waals surface area (Å²) in [5.41, 5.74) is 0.591. The van der Waals surface area contributed by atoms with Crippen molar-refractivity contribution in [2.24, 2.45) is 0 Å². The molecule has 0 aliphatic carbocycles. The van der Waals surface area contributed by atoms with Crippen LogP contribution in [0.1, 0.15) is 5.56 Å². The fourth-order valence-corrected chi connectivity index (χ4v) is 1.73. The molecule has 0 spiro atoms. The van der Waals surface area contributed by atoms with Crippen LogP contribution < -0.4 is 10.6 Å². The maximum Gasteiger partial charge on any atom is 0.417 e. The first kappa shape index (κ1) is 20.7. The topological polar surface area (TPSA) is 85.9 Å². The number of ether oxygens (including phenoxy) is 3. The molecule has 2 amide bonds. The first-order valence-corrected chi connectivity index (χ1v) is 7.15. The second-order valence-corrected chi connectivity index (χ2v) is 4.83. The summed E-state index contributed by atoms with van der Waals surface area (Å²) in [6, 6.07) is 5.62. The largest absolute Gasteiger partial charge is 0.445 e. The predicted octanol–water partition coefficient (Wildman–Crippen LogP) is 1.58. The molecule has 0 saturated carbocycles. The Bertz CT molecular complexity index is 550. The fraction of sp³-hybridized carbons (Fsp3) is 0.467. The van der Waals surface area contributed by atoms with Crippen LogP contribution in [-0.2, 0) is 25.6 Å². The summed E-state index contributed by atoms with van der Waals surface area (Å²) in [5, 5.41) is 3.50. The molecule has 2 N–H and O–H groups in total. The maximum atomic E-state index is 13.0. The second-order valence-electron chi connectivity index (χ2n) is 4.83. The van der Waals surface area contributed by atoms with Crippen molar-refractivity contribution in [2.45, 2.75) is 25.1 Å². The lowest BCUT2D eigenvalue weighted by molar-refractivity contribution is -0.169. The molecule has 1 aromatic rings. The van der Waals surface area contributed by atoms with Gasteiger partial charge in [-0.2, -0.15) is 13.2 Å². The van der Waals surface area contributed by atoms with Crippen molar-refractivity contribution in [1.82, 2.24) is 10.6 Å². The lowest BCUT2D eigenvalue weighted by Gasteiger charge is -2.22. The van der Waals surface area contributed by atoms with Crippen LogP contribution in [0.3, 0.4) is 0 Å². The van der Waals surface area contributed by atoms with Crippen molar-refractivity contribution in [3.63, 3.8) is 0 Å². The van der Waals surface area contributed by atoms with Crippen molar-refractivity contribution in [1.29, 1.82) is 0 Å². The van der Waals surface area contributed by atoms with Crippen LogP contribution in [0.15, 0.2) is 30.3 Å². The molecule has 25 heavy (non-hydrogen) atoms. The Morgan fingerprint density at radius 3 is 2.24 bits per heavy atom. The minimum absolute atomic E-state index is 0.228. The molecule has 1 aromatic carbocycles. The summed E-state index contributed by atoms with van der Waals surface area (Å²) in [4.78, 5) is 23.3. The molecule has 1 unspecified atom stereocenters. The number of benzene rings is 1. The summed E-state index contributed by atoms with van der Waals surface area (Å²) >= 11 is 0. The molecule has 0 saturated heterocycles. The van der Waals surface area contributed by atoms with Crippen LogP contribution in [0, 0.1) is 0 Å². The van der Waals surface area contributed by atoms with E-state index in [9.17, 15) is 22.8 Å². The van der Waals surface area contributed by atoms with Crippen LogP contribution in [-0.4, -0.2) is 51.3 Å². The van der Waals surface area contributed by atoms with Gasteiger partial charge in [0.1, 0.15) is 6.61 Å². The van der Waals surface area contributed by atoms with Crippen molar-refractivity contribution in [3.05, 3.63) is 35.9 Å². The third-order valence-electron chi connectivity index (χ3n) is 3.03. The van der Waals surface area contributed by atoms with E-state index in [0.717, 1.165) is 0 Å². The number of hydrogen-bond acceptors (Lipinski definition) is 5. The minimum Gasteiger partial charge on any atom is -0.445 e. The van der Waals surface area contributed by atoms with E-state index < -0.39 is 30.5 Å². The molecule has 0 aliphatic heterocycles. The highest BCUT2D eigenvalue weighted by Gasteiger charge is 2.46. The molecule has 0 bridgehead atoms.